The third-order valence-corrected chi connectivity index (χ3v) is 6.29. The van der Waals surface area contributed by atoms with Crippen molar-refractivity contribution in [2.24, 2.45) is 0 Å². The number of carbonyl (C=O) groups is 2. The lowest BCUT2D eigenvalue weighted by Gasteiger charge is -2.34. The largest absolute Gasteiger partial charge is 0.493 e. The number of allylic oxidation sites excluding steroid dienone is 2. The molecule has 0 saturated carbocycles. The summed E-state index contributed by atoms with van der Waals surface area (Å²) in [5.74, 6) is 1.30. The van der Waals surface area contributed by atoms with Gasteiger partial charge in [0.2, 0.25) is 5.91 Å². The number of amides is 1. The number of nitrogens with one attached hydrogen (secondary N) is 1. The summed E-state index contributed by atoms with van der Waals surface area (Å²) in [5.41, 5.74) is 2.58. The number of benzene rings is 1. The van der Waals surface area contributed by atoms with Crippen molar-refractivity contribution in [1.82, 2.24) is 5.32 Å². The normalized spacial score (nSPS) is 22.3. The van der Waals surface area contributed by atoms with Gasteiger partial charge in [-0.3, -0.25) is 9.59 Å². The van der Waals surface area contributed by atoms with Crippen molar-refractivity contribution in [2.75, 3.05) is 14.2 Å². The highest BCUT2D eigenvalue weighted by Gasteiger charge is 2.38. The Morgan fingerprint density at radius 3 is 2.56 bits per heavy atom. The van der Waals surface area contributed by atoms with Gasteiger partial charge in [-0.1, -0.05) is 12.1 Å². The first kappa shape index (κ1) is 17.8. The lowest BCUT2D eigenvalue weighted by atomic mass is 9.75. The number of thiophene rings is 1. The summed E-state index contributed by atoms with van der Waals surface area (Å²) >= 11 is 1.60. The smallest absolute Gasteiger partial charge is 0.225 e. The van der Waals surface area contributed by atoms with Gasteiger partial charge in [-0.2, -0.15) is 0 Å². The highest BCUT2D eigenvalue weighted by molar-refractivity contribution is 7.10. The molecule has 1 amide bonds. The lowest BCUT2D eigenvalue weighted by Crippen LogP contribution is -2.37. The van der Waals surface area contributed by atoms with Crippen LogP contribution in [-0.4, -0.2) is 25.9 Å². The number of carbonyl (C=O) groups excluding carboxylic acids is 2. The predicted molar refractivity (Wildman–Crippen MR) is 103 cm³/mol. The van der Waals surface area contributed by atoms with E-state index in [0.29, 0.717) is 30.8 Å². The first-order valence-corrected chi connectivity index (χ1v) is 9.80. The van der Waals surface area contributed by atoms with Crippen molar-refractivity contribution < 1.29 is 19.1 Å². The van der Waals surface area contributed by atoms with Crippen molar-refractivity contribution in [3.63, 3.8) is 0 Å². The van der Waals surface area contributed by atoms with E-state index in [9.17, 15) is 9.59 Å². The minimum absolute atomic E-state index is 0.0124. The van der Waals surface area contributed by atoms with Crippen molar-refractivity contribution in [2.45, 2.75) is 31.1 Å². The van der Waals surface area contributed by atoms with E-state index in [1.165, 1.54) is 0 Å². The maximum atomic E-state index is 13.0. The summed E-state index contributed by atoms with van der Waals surface area (Å²) in [4.78, 5) is 26.4. The maximum absolute atomic E-state index is 13.0. The molecule has 0 bridgehead atoms. The van der Waals surface area contributed by atoms with Crippen LogP contribution in [0.25, 0.3) is 0 Å². The molecule has 1 aliphatic carbocycles. The van der Waals surface area contributed by atoms with Crippen LogP contribution in [-0.2, 0) is 9.59 Å². The molecule has 2 heterocycles. The molecule has 2 aromatic rings. The Morgan fingerprint density at radius 2 is 1.85 bits per heavy atom. The second kappa shape index (κ2) is 7.19. The highest BCUT2D eigenvalue weighted by atomic mass is 32.1. The highest BCUT2D eigenvalue weighted by Crippen LogP contribution is 2.44. The van der Waals surface area contributed by atoms with Gasteiger partial charge in [-0.15, -0.1) is 11.3 Å². The molecule has 27 heavy (non-hydrogen) atoms. The minimum atomic E-state index is -0.118. The van der Waals surface area contributed by atoms with Crippen LogP contribution in [0.1, 0.15) is 41.5 Å². The van der Waals surface area contributed by atoms with E-state index in [-0.39, 0.29) is 23.5 Å². The molecule has 1 aliphatic heterocycles. The Bertz CT molecular complexity index is 916. The SMILES string of the molecule is COc1ccc([C@@H]2CC(=O)C3=C(C2)NC(=O)C[C@H]3c2cccs2)cc1OC. The maximum Gasteiger partial charge on any atom is 0.225 e. The lowest BCUT2D eigenvalue weighted by molar-refractivity contribution is -0.122. The van der Waals surface area contributed by atoms with E-state index in [0.717, 1.165) is 21.7 Å². The van der Waals surface area contributed by atoms with Gasteiger partial charge in [0, 0.05) is 34.9 Å². The van der Waals surface area contributed by atoms with E-state index in [4.69, 9.17) is 9.47 Å². The Labute approximate surface area is 162 Å². The number of hydrogen-bond donors (Lipinski definition) is 1. The third kappa shape index (κ3) is 3.25. The predicted octanol–water partition coefficient (Wildman–Crippen LogP) is 3.77. The van der Waals surface area contributed by atoms with Gasteiger partial charge in [0.1, 0.15) is 0 Å². The Balaban J connectivity index is 1.68. The molecule has 140 valence electrons. The van der Waals surface area contributed by atoms with Crippen molar-refractivity contribution >= 4 is 23.0 Å². The van der Waals surface area contributed by atoms with E-state index < -0.39 is 0 Å². The Kier molecular flexibility index (Phi) is 4.74. The molecule has 0 fully saturated rings. The van der Waals surface area contributed by atoms with Gasteiger partial charge in [-0.25, -0.2) is 0 Å². The van der Waals surface area contributed by atoms with Crippen LogP contribution in [0.2, 0.25) is 0 Å². The minimum Gasteiger partial charge on any atom is -0.493 e. The van der Waals surface area contributed by atoms with Crippen molar-refractivity contribution in [3.8, 4) is 11.5 Å². The number of rotatable bonds is 4. The van der Waals surface area contributed by atoms with Crippen LogP contribution in [0.4, 0.5) is 0 Å². The number of Topliss-reactive ketones (excluding diaryl/α,β-unsaturated/α-hetero) is 1. The molecule has 5 nitrogen and oxygen atoms in total. The molecule has 2 aliphatic rings. The van der Waals surface area contributed by atoms with E-state index in [2.05, 4.69) is 5.32 Å². The molecule has 0 unspecified atom stereocenters. The summed E-state index contributed by atoms with van der Waals surface area (Å²) in [6.07, 6.45) is 1.42. The second-order valence-electron chi connectivity index (χ2n) is 6.86. The molecule has 2 atom stereocenters. The molecular formula is C21H21NO4S. The molecule has 0 radical (unpaired) electrons. The zero-order valence-electron chi connectivity index (χ0n) is 15.3. The summed E-state index contributed by atoms with van der Waals surface area (Å²) < 4.78 is 10.7. The zero-order chi connectivity index (χ0) is 19.0. The number of ether oxygens (including phenoxy) is 2. The summed E-state index contributed by atoms with van der Waals surface area (Å²) in [5, 5.41) is 4.95. The molecule has 1 N–H and O–H groups in total. The fraction of sp³-hybridized carbons (Fsp3) is 0.333. The van der Waals surface area contributed by atoms with Crippen molar-refractivity contribution in [3.05, 3.63) is 57.4 Å². The molecule has 6 heteroatoms. The van der Waals surface area contributed by atoms with Gasteiger partial charge >= 0.3 is 0 Å². The van der Waals surface area contributed by atoms with Crippen LogP contribution in [0.15, 0.2) is 47.0 Å². The molecule has 1 aromatic heterocycles. The van der Waals surface area contributed by atoms with Gasteiger partial charge in [0.05, 0.1) is 14.2 Å². The molecule has 4 rings (SSSR count). The molecular weight excluding hydrogens is 362 g/mol. The Morgan fingerprint density at radius 1 is 1.04 bits per heavy atom. The van der Waals surface area contributed by atoms with Gasteiger partial charge < -0.3 is 14.8 Å². The zero-order valence-corrected chi connectivity index (χ0v) is 16.1. The number of methoxy groups -OCH3 is 2. The molecule has 1 aromatic carbocycles. The van der Waals surface area contributed by atoms with Crippen molar-refractivity contribution in [1.29, 1.82) is 0 Å². The third-order valence-electron chi connectivity index (χ3n) is 5.30. The summed E-state index contributed by atoms with van der Waals surface area (Å²) in [7, 11) is 3.20. The topological polar surface area (TPSA) is 64.6 Å². The fourth-order valence-corrected chi connectivity index (χ4v) is 4.87. The van der Waals surface area contributed by atoms with Crippen LogP contribution in [0.5, 0.6) is 11.5 Å². The standard InChI is InChI=1S/C21H21NO4S/c1-25-17-6-5-12(10-18(17)26-2)13-8-15-21(16(23)9-13)14(11-20(24)22-15)19-4-3-7-27-19/h3-7,10,13-14H,8-9,11H2,1-2H3,(H,22,24)/t13-,14-/m0/s1. The first-order valence-electron chi connectivity index (χ1n) is 8.92. The number of ketones is 1. The van der Waals surface area contributed by atoms with Crippen LogP contribution < -0.4 is 14.8 Å². The van der Waals surface area contributed by atoms with Gasteiger partial charge in [0.25, 0.3) is 0 Å². The molecule has 0 spiro atoms. The average molecular weight is 383 g/mol. The van der Waals surface area contributed by atoms with Crippen LogP contribution >= 0.6 is 11.3 Å². The first-order chi connectivity index (χ1) is 13.1. The van der Waals surface area contributed by atoms with E-state index in [1.54, 1.807) is 25.6 Å². The van der Waals surface area contributed by atoms with Gasteiger partial charge in [0.15, 0.2) is 17.3 Å². The van der Waals surface area contributed by atoms with Crippen LogP contribution in [0.3, 0.4) is 0 Å². The molecule has 0 saturated heterocycles. The van der Waals surface area contributed by atoms with E-state index in [1.807, 2.05) is 35.7 Å². The van der Waals surface area contributed by atoms with Gasteiger partial charge in [-0.05, 0) is 41.5 Å². The Hall–Kier alpha value is -2.60. The monoisotopic (exact) mass is 383 g/mol. The quantitative estimate of drug-likeness (QED) is 0.873. The van der Waals surface area contributed by atoms with Crippen LogP contribution in [0, 0.1) is 0 Å². The second-order valence-corrected chi connectivity index (χ2v) is 7.83. The summed E-state index contributed by atoms with van der Waals surface area (Å²) in [6.45, 7) is 0. The summed E-state index contributed by atoms with van der Waals surface area (Å²) in [6, 6.07) is 9.71. The average Bonchev–Trinajstić information content (AvgIpc) is 3.21. The van der Waals surface area contributed by atoms with E-state index >= 15 is 0 Å². The number of hydrogen-bond acceptors (Lipinski definition) is 5. The fourth-order valence-electron chi connectivity index (χ4n) is 4.04.